The summed E-state index contributed by atoms with van der Waals surface area (Å²) in [6.45, 7) is 1.08. The second kappa shape index (κ2) is 6.62. The highest BCUT2D eigenvalue weighted by molar-refractivity contribution is 5.92. The molecule has 1 atom stereocenters. The van der Waals surface area contributed by atoms with Gasteiger partial charge >= 0.3 is 5.97 Å². The van der Waals surface area contributed by atoms with Crippen LogP contribution in [0.5, 0.6) is 0 Å². The van der Waals surface area contributed by atoms with Gasteiger partial charge in [0.1, 0.15) is 11.6 Å². The quantitative estimate of drug-likeness (QED) is 0.854. The molecule has 0 spiro atoms. The predicted molar refractivity (Wildman–Crippen MR) is 71.6 cm³/mol. The molecule has 2 rings (SSSR count). The number of hydrogen-bond acceptors (Lipinski definition) is 4. The molecule has 0 saturated carbocycles. The Labute approximate surface area is 120 Å². The van der Waals surface area contributed by atoms with Crippen LogP contribution in [-0.2, 0) is 14.3 Å². The number of carbonyl (C=O) groups excluding carboxylic acids is 2. The molecule has 1 N–H and O–H groups in total. The Morgan fingerprint density at radius 3 is 2.86 bits per heavy atom. The third-order valence-corrected chi connectivity index (χ3v) is 3.38. The van der Waals surface area contributed by atoms with Gasteiger partial charge in [-0.15, -0.1) is 0 Å². The molecule has 0 aliphatic carbocycles. The van der Waals surface area contributed by atoms with E-state index in [2.05, 4.69) is 10.1 Å². The third kappa shape index (κ3) is 3.98. The molecular weight excluding hydrogens is 282 g/mol. The summed E-state index contributed by atoms with van der Waals surface area (Å²) >= 11 is 0. The summed E-state index contributed by atoms with van der Waals surface area (Å²) in [4.78, 5) is 25.0. The summed E-state index contributed by atoms with van der Waals surface area (Å²) < 4.78 is 30.8. The Morgan fingerprint density at radius 2 is 2.19 bits per heavy atom. The smallest absolute Gasteiger partial charge is 0.310 e. The first-order valence-corrected chi connectivity index (χ1v) is 6.54. The first-order valence-electron chi connectivity index (χ1n) is 6.54. The summed E-state index contributed by atoms with van der Waals surface area (Å²) in [6.07, 6.45) is 0.630. The van der Waals surface area contributed by atoms with E-state index in [0.717, 1.165) is 6.07 Å². The number of ether oxygens (including phenoxy) is 1. The number of carbonyl (C=O) groups is 2. The molecule has 1 aliphatic rings. The molecule has 1 aromatic rings. The number of benzene rings is 1. The summed E-state index contributed by atoms with van der Waals surface area (Å²) in [6, 6.07) is 2.95. The van der Waals surface area contributed by atoms with Crippen LogP contribution in [0.1, 0.15) is 6.42 Å². The Hall–Kier alpha value is -2.02. The van der Waals surface area contributed by atoms with Crippen molar-refractivity contribution in [1.82, 2.24) is 4.90 Å². The number of halogens is 2. The number of nitrogens with one attached hydrogen (secondary N) is 1. The van der Waals surface area contributed by atoms with Crippen LogP contribution in [0.15, 0.2) is 18.2 Å². The Kier molecular flexibility index (Phi) is 4.85. The third-order valence-electron chi connectivity index (χ3n) is 3.38. The average molecular weight is 298 g/mol. The van der Waals surface area contributed by atoms with E-state index < -0.39 is 17.5 Å². The Morgan fingerprint density at radius 1 is 1.43 bits per heavy atom. The van der Waals surface area contributed by atoms with Crippen molar-refractivity contribution < 1.29 is 23.1 Å². The number of rotatable bonds is 4. The van der Waals surface area contributed by atoms with Crippen molar-refractivity contribution in [2.75, 3.05) is 32.1 Å². The van der Waals surface area contributed by atoms with Crippen molar-refractivity contribution >= 4 is 17.6 Å². The molecule has 0 bridgehead atoms. The topological polar surface area (TPSA) is 58.6 Å². The maximum atomic E-state index is 13.4. The minimum absolute atomic E-state index is 0.0459. The van der Waals surface area contributed by atoms with Gasteiger partial charge in [-0.3, -0.25) is 14.5 Å². The molecular formula is C14H16F2N2O3. The maximum absolute atomic E-state index is 13.4. The van der Waals surface area contributed by atoms with Crippen molar-refractivity contribution in [1.29, 1.82) is 0 Å². The number of hydrogen-bond donors (Lipinski definition) is 1. The fraction of sp³-hybridized carbons (Fsp3) is 0.429. The van der Waals surface area contributed by atoms with Crippen LogP contribution in [0.2, 0.25) is 0 Å². The van der Waals surface area contributed by atoms with Gasteiger partial charge in [0.15, 0.2) is 0 Å². The number of amides is 1. The fourth-order valence-electron chi connectivity index (χ4n) is 2.32. The normalized spacial score (nSPS) is 18.5. The van der Waals surface area contributed by atoms with Crippen LogP contribution >= 0.6 is 0 Å². The lowest BCUT2D eigenvalue weighted by atomic mass is 10.1. The van der Waals surface area contributed by atoms with Crippen LogP contribution in [0, 0.1) is 17.6 Å². The van der Waals surface area contributed by atoms with E-state index in [9.17, 15) is 18.4 Å². The first kappa shape index (κ1) is 15.4. The standard InChI is InChI=1S/C14H16F2N2O3/c1-21-14(20)9-4-5-18(7-9)8-13(19)17-12-3-2-10(15)6-11(12)16/h2-3,6,9H,4-5,7-8H2,1H3,(H,17,19). The monoisotopic (exact) mass is 298 g/mol. The molecule has 1 heterocycles. The van der Waals surface area contributed by atoms with Crippen LogP contribution in [0.25, 0.3) is 0 Å². The number of esters is 1. The van der Waals surface area contributed by atoms with Gasteiger partial charge in [0.05, 0.1) is 25.3 Å². The first-order chi connectivity index (χ1) is 9.99. The molecule has 114 valence electrons. The van der Waals surface area contributed by atoms with Gasteiger partial charge in [-0.25, -0.2) is 8.78 Å². The number of anilines is 1. The van der Waals surface area contributed by atoms with E-state index in [1.807, 2.05) is 0 Å². The van der Waals surface area contributed by atoms with Gasteiger partial charge in [0.2, 0.25) is 5.91 Å². The van der Waals surface area contributed by atoms with Crippen molar-refractivity contribution in [2.24, 2.45) is 5.92 Å². The van der Waals surface area contributed by atoms with Crippen molar-refractivity contribution in [3.63, 3.8) is 0 Å². The van der Waals surface area contributed by atoms with E-state index in [1.54, 1.807) is 4.90 Å². The van der Waals surface area contributed by atoms with E-state index in [-0.39, 0.29) is 24.1 Å². The largest absolute Gasteiger partial charge is 0.469 e. The lowest BCUT2D eigenvalue weighted by Gasteiger charge is -2.15. The fourth-order valence-corrected chi connectivity index (χ4v) is 2.32. The zero-order chi connectivity index (χ0) is 15.4. The van der Waals surface area contributed by atoms with Gasteiger partial charge in [-0.1, -0.05) is 0 Å². The molecule has 1 fully saturated rings. The zero-order valence-corrected chi connectivity index (χ0v) is 11.6. The second-order valence-electron chi connectivity index (χ2n) is 4.92. The summed E-state index contributed by atoms with van der Waals surface area (Å²) in [5, 5.41) is 2.38. The molecule has 1 aromatic carbocycles. The lowest BCUT2D eigenvalue weighted by molar-refractivity contribution is -0.145. The molecule has 1 amide bonds. The molecule has 0 radical (unpaired) electrons. The van der Waals surface area contributed by atoms with Gasteiger partial charge in [-0.05, 0) is 25.1 Å². The van der Waals surface area contributed by atoms with Gasteiger partial charge in [0.25, 0.3) is 0 Å². The van der Waals surface area contributed by atoms with Crippen LogP contribution < -0.4 is 5.32 Å². The zero-order valence-electron chi connectivity index (χ0n) is 11.6. The molecule has 1 aliphatic heterocycles. The average Bonchev–Trinajstić information content (AvgIpc) is 2.89. The summed E-state index contributed by atoms with van der Waals surface area (Å²) in [5.41, 5.74) is -0.0647. The molecule has 7 heteroatoms. The number of likely N-dealkylation sites (tertiary alicyclic amines) is 1. The van der Waals surface area contributed by atoms with E-state index in [1.165, 1.54) is 13.2 Å². The minimum atomic E-state index is -0.822. The van der Waals surface area contributed by atoms with Gasteiger partial charge in [-0.2, -0.15) is 0 Å². The number of methoxy groups -OCH3 is 1. The highest BCUT2D eigenvalue weighted by Crippen LogP contribution is 2.18. The van der Waals surface area contributed by atoms with E-state index in [0.29, 0.717) is 25.6 Å². The predicted octanol–water partition coefficient (Wildman–Crippen LogP) is 1.40. The number of nitrogens with zero attached hydrogens (tertiary/aromatic N) is 1. The molecule has 1 unspecified atom stereocenters. The van der Waals surface area contributed by atoms with Gasteiger partial charge in [0, 0.05) is 12.6 Å². The minimum Gasteiger partial charge on any atom is -0.469 e. The highest BCUT2D eigenvalue weighted by Gasteiger charge is 2.29. The molecule has 21 heavy (non-hydrogen) atoms. The van der Waals surface area contributed by atoms with Crippen molar-refractivity contribution in [3.8, 4) is 0 Å². The van der Waals surface area contributed by atoms with Crippen LogP contribution in [0.4, 0.5) is 14.5 Å². The Bertz CT molecular complexity index is 551. The molecule has 0 aromatic heterocycles. The van der Waals surface area contributed by atoms with Crippen molar-refractivity contribution in [2.45, 2.75) is 6.42 Å². The summed E-state index contributed by atoms with van der Waals surface area (Å²) in [7, 11) is 1.33. The summed E-state index contributed by atoms with van der Waals surface area (Å²) in [5.74, 6) is -2.46. The van der Waals surface area contributed by atoms with Crippen LogP contribution in [0.3, 0.4) is 0 Å². The van der Waals surface area contributed by atoms with Gasteiger partial charge < -0.3 is 10.1 Å². The van der Waals surface area contributed by atoms with E-state index in [4.69, 9.17) is 0 Å². The molecule has 5 nitrogen and oxygen atoms in total. The maximum Gasteiger partial charge on any atom is 0.310 e. The highest BCUT2D eigenvalue weighted by atomic mass is 19.1. The SMILES string of the molecule is COC(=O)C1CCN(CC(=O)Nc2ccc(F)cc2F)C1. The lowest BCUT2D eigenvalue weighted by Crippen LogP contribution is -2.32. The van der Waals surface area contributed by atoms with Crippen molar-refractivity contribution in [3.05, 3.63) is 29.8 Å². The Balaban J connectivity index is 1.87. The second-order valence-corrected chi connectivity index (χ2v) is 4.92. The van der Waals surface area contributed by atoms with E-state index >= 15 is 0 Å². The van der Waals surface area contributed by atoms with Crippen LogP contribution in [-0.4, -0.2) is 43.5 Å². The molecule has 1 saturated heterocycles.